The topological polar surface area (TPSA) is 97.8 Å². The van der Waals surface area contributed by atoms with E-state index in [1.165, 1.54) is 6.07 Å². The molecule has 0 aliphatic rings. The standard InChI is InChI=1S/C12H10N4O2S/c1-19(18)7-2-3-8(11(17)4-7)12-15-9-5-13-14-6-10(9)16-12/h2-6,17H,1H3,(H,15,16). The first-order valence-electron chi connectivity index (χ1n) is 5.48. The smallest absolute Gasteiger partial charge is 0.156 e. The minimum absolute atomic E-state index is 0.0349. The summed E-state index contributed by atoms with van der Waals surface area (Å²) in [6.45, 7) is 0. The molecule has 0 bridgehead atoms. The first-order chi connectivity index (χ1) is 9.15. The van der Waals surface area contributed by atoms with Crippen LogP contribution in [0.1, 0.15) is 0 Å². The number of aromatic hydroxyl groups is 1. The number of imidazole rings is 1. The fourth-order valence-electron chi connectivity index (χ4n) is 1.79. The fourth-order valence-corrected chi connectivity index (χ4v) is 2.33. The fraction of sp³-hybridized carbons (Fsp3) is 0.0833. The highest BCUT2D eigenvalue weighted by Crippen LogP contribution is 2.30. The maximum atomic E-state index is 11.3. The molecule has 0 aliphatic heterocycles. The Morgan fingerprint density at radius 1 is 1.26 bits per heavy atom. The van der Waals surface area contributed by atoms with E-state index in [4.69, 9.17) is 0 Å². The second-order valence-corrected chi connectivity index (χ2v) is 5.39. The van der Waals surface area contributed by atoms with Crippen molar-refractivity contribution in [3.05, 3.63) is 30.6 Å². The van der Waals surface area contributed by atoms with E-state index in [0.29, 0.717) is 21.8 Å². The second-order valence-electron chi connectivity index (χ2n) is 4.01. The molecule has 2 aromatic heterocycles. The molecule has 1 aromatic carbocycles. The van der Waals surface area contributed by atoms with Crippen LogP contribution in [-0.4, -0.2) is 36.1 Å². The number of fused-ring (bicyclic) bond motifs is 1. The van der Waals surface area contributed by atoms with Crippen molar-refractivity contribution in [2.75, 3.05) is 6.26 Å². The summed E-state index contributed by atoms with van der Waals surface area (Å²) in [5, 5.41) is 17.5. The maximum absolute atomic E-state index is 11.3. The first-order valence-corrected chi connectivity index (χ1v) is 7.04. The molecule has 3 aromatic rings. The van der Waals surface area contributed by atoms with Crippen LogP contribution < -0.4 is 0 Å². The molecule has 2 N–H and O–H groups in total. The van der Waals surface area contributed by atoms with Gasteiger partial charge in [0.2, 0.25) is 0 Å². The third-order valence-electron chi connectivity index (χ3n) is 2.75. The third kappa shape index (κ3) is 2.13. The molecule has 3 rings (SSSR count). The summed E-state index contributed by atoms with van der Waals surface area (Å²) in [7, 11) is 0. The highest BCUT2D eigenvalue weighted by molar-refractivity contribution is 7.90. The number of benzene rings is 1. The lowest BCUT2D eigenvalue weighted by Crippen LogP contribution is -1.96. The Balaban J connectivity index is 2.11. The van der Waals surface area contributed by atoms with Gasteiger partial charge in [-0.3, -0.25) is 0 Å². The highest BCUT2D eigenvalue weighted by atomic mass is 32.2. The Morgan fingerprint density at radius 2 is 2.05 bits per heavy atom. The zero-order valence-electron chi connectivity index (χ0n) is 9.99. The van der Waals surface area contributed by atoms with Crippen LogP contribution in [0.4, 0.5) is 0 Å². The van der Waals surface area contributed by atoms with Gasteiger partial charge in [-0.05, 0) is 23.3 Å². The predicted octanol–water partition coefficient (Wildman–Crippen LogP) is 1.46. The number of nitrogens with one attached hydrogen (secondary N) is 1. The molecule has 0 amide bonds. The Bertz CT molecular complexity index is 708. The molecule has 96 valence electrons. The van der Waals surface area contributed by atoms with E-state index in [1.54, 1.807) is 30.8 Å². The molecule has 0 saturated heterocycles. The lowest BCUT2D eigenvalue weighted by molar-refractivity contribution is 0.475. The molecular formula is C12H10N4O2S. The Hall–Kier alpha value is -2.12. The van der Waals surface area contributed by atoms with E-state index in [9.17, 15) is 9.66 Å². The number of aromatic nitrogens is 4. The molecular weight excluding hydrogens is 264 g/mol. The van der Waals surface area contributed by atoms with Crippen molar-refractivity contribution in [3.8, 4) is 17.1 Å². The van der Waals surface area contributed by atoms with Crippen LogP contribution in [0.25, 0.3) is 22.4 Å². The molecule has 0 fully saturated rings. The number of aromatic amines is 1. The summed E-state index contributed by atoms with van der Waals surface area (Å²) in [5.41, 5.74) is 1.96. The maximum Gasteiger partial charge on any atom is 0.156 e. The second kappa shape index (κ2) is 4.52. The van der Waals surface area contributed by atoms with Gasteiger partial charge in [0.25, 0.3) is 0 Å². The van der Waals surface area contributed by atoms with Crippen molar-refractivity contribution < 1.29 is 9.66 Å². The van der Waals surface area contributed by atoms with Crippen LogP contribution in [0.3, 0.4) is 0 Å². The molecule has 1 atom stereocenters. The lowest BCUT2D eigenvalue weighted by Gasteiger charge is -2.06. The van der Waals surface area contributed by atoms with Gasteiger partial charge >= 0.3 is 0 Å². The van der Waals surface area contributed by atoms with Gasteiger partial charge < -0.3 is 14.6 Å². The van der Waals surface area contributed by atoms with Crippen molar-refractivity contribution in [1.82, 2.24) is 20.2 Å². The third-order valence-corrected chi connectivity index (χ3v) is 3.67. The number of phenols is 1. The van der Waals surface area contributed by atoms with Gasteiger partial charge in [-0.15, -0.1) is 0 Å². The van der Waals surface area contributed by atoms with Gasteiger partial charge in [-0.1, -0.05) is 0 Å². The van der Waals surface area contributed by atoms with Crippen LogP contribution in [-0.2, 0) is 11.2 Å². The van der Waals surface area contributed by atoms with Gasteiger partial charge in [-0.25, -0.2) is 4.98 Å². The largest absolute Gasteiger partial charge is 0.612 e. The predicted molar refractivity (Wildman–Crippen MR) is 71.1 cm³/mol. The van der Waals surface area contributed by atoms with Gasteiger partial charge in [0.15, 0.2) is 4.90 Å². The van der Waals surface area contributed by atoms with Gasteiger partial charge in [0.1, 0.15) is 23.3 Å². The molecule has 0 radical (unpaired) electrons. The summed E-state index contributed by atoms with van der Waals surface area (Å²) in [5.74, 6) is 0.559. The summed E-state index contributed by atoms with van der Waals surface area (Å²) in [6.07, 6.45) is 4.67. The summed E-state index contributed by atoms with van der Waals surface area (Å²) >= 11 is -1.13. The summed E-state index contributed by atoms with van der Waals surface area (Å²) < 4.78 is 11.3. The number of hydrogen-bond donors (Lipinski definition) is 2. The highest BCUT2D eigenvalue weighted by Gasteiger charge is 2.13. The SMILES string of the molecule is C[S+]([O-])c1ccc(-c2nc3cnncc3[nH]2)c(O)c1. The average Bonchev–Trinajstić information content (AvgIpc) is 2.81. The van der Waals surface area contributed by atoms with Gasteiger partial charge in [-0.2, -0.15) is 10.2 Å². The minimum atomic E-state index is -1.13. The molecule has 6 nitrogen and oxygen atoms in total. The molecule has 0 spiro atoms. The molecule has 0 aliphatic carbocycles. The number of phenolic OH excluding ortho intramolecular Hbond substituents is 1. The van der Waals surface area contributed by atoms with E-state index in [-0.39, 0.29) is 5.75 Å². The number of nitrogens with zero attached hydrogens (tertiary/aromatic N) is 3. The van der Waals surface area contributed by atoms with Crippen LogP contribution >= 0.6 is 0 Å². The van der Waals surface area contributed by atoms with E-state index < -0.39 is 11.2 Å². The number of rotatable bonds is 2. The van der Waals surface area contributed by atoms with Crippen molar-refractivity contribution in [3.63, 3.8) is 0 Å². The van der Waals surface area contributed by atoms with E-state index in [2.05, 4.69) is 20.2 Å². The normalized spacial score (nSPS) is 12.7. The van der Waals surface area contributed by atoms with Crippen molar-refractivity contribution in [2.24, 2.45) is 0 Å². The molecule has 2 heterocycles. The van der Waals surface area contributed by atoms with Gasteiger partial charge in [0, 0.05) is 6.07 Å². The zero-order valence-corrected chi connectivity index (χ0v) is 10.8. The molecule has 7 heteroatoms. The number of hydrogen-bond acceptors (Lipinski definition) is 5. The average molecular weight is 274 g/mol. The zero-order chi connectivity index (χ0) is 13.4. The Kier molecular flexibility index (Phi) is 2.84. The van der Waals surface area contributed by atoms with Crippen LogP contribution in [0, 0.1) is 0 Å². The minimum Gasteiger partial charge on any atom is -0.612 e. The summed E-state index contributed by atoms with van der Waals surface area (Å²) in [6, 6.07) is 4.87. The van der Waals surface area contributed by atoms with Crippen LogP contribution in [0.2, 0.25) is 0 Å². The van der Waals surface area contributed by atoms with Crippen molar-refractivity contribution >= 4 is 22.2 Å². The molecule has 0 saturated carbocycles. The first kappa shape index (κ1) is 11.9. The lowest BCUT2D eigenvalue weighted by atomic mass is 10.2. The van der Waals surface area contributed by atoms with Crippen LogP contribution in [0.5, 0.6) is 5.75 Å². The van der Waals surface area contributed by atoms with E-state index in [1.807, 2.05) is 0 Å². The number of H-pyrrole nitrogens is 1. The van der Waals surface area contributed by atoms with Gasteiger partial charge in [0.05, 0.1) is 23.5 Å². The molecule has 1 unspecified atom stereocenters. The Labute approximate surface area is 111 Å². The molecule has 19 heavy (non-hydrogen) atoms. The van der Waals surface area contributed by atoms with E-state index >= 15 is 0 Å². The van der Waals surface area contributed by atoms with Crippen molar-refractivity contribution in [1.29, 1.82) is 0 Å². The monoisotopic (exact) mass is 274 g/mol. The summed E-state index contributed by atoms with van der Waals surface area (Å²) in [4.78, 5) is 7.95. The Morgan fingerprint density at radius 3 is 2.74 bits per heavy atom. The van der Waals surface area contributed by atoms with Crippen LogP contribution in [0.15, 0.2) is 35.5 Å². The van der Waals surface area contributed by atoms with Crippen molar-refractivity contribution in [2.45, 2.75) is 4.90 Å². The quantitative estimate of drug-likeness (QED) is 0.689. The van der Waals surface area contributed by atoms with E-state index in [0.717, 1.165) is 5.52 Å².